The maximum Gasteiger partial charge on any atom is 0.261 e. The first-order chi connectivity index (χ1) is 10.2. The number of carbonyl (C=O) groups excluding carboxylic acids is 1. The lowest BCUT2D eigenvalue weighted by Gasteiger charge is -2.17. The van der Waals surface area contributed by atoms with Gasteiger partial charge in [-0.05, 0) is 24.8 Å². The van der Waals surface area contributed by atoms with Gasteiger partial charge in [-0.1, -0.05) is 6.07 Å². The fraction of sp³-hybridized carbons (Fsp3) is 0.571. The monoisotopic (exact) mass is 440 g/mol. The molecule has 1 rings (SSSR count). The molecule has 0 radical (unpaired) electrons. The predicted molar refractivity (Wildman–Crippen MR) is 103 cm³/mol. The van der Waals surface area contributed by atoms with Gasteiger partial charge in [-0.15, -0.1) is 35.3 Å². The van der Waals surface area contributed by atoms with Gasteiger partial charge in [0, 0.05) is 33.3 Å². The molecule has 1 unspecified atom stereocenters. The Morgan fingerprint density at radius 1 is 1.41 bits per heavy atom. The van der Waals surface area contributed by atoms with Crippen LogP contribution in [-0.2, 0) is 4.74 Å². The van der Waals surface area contributed by atoms with Crippen molar-refractivity contribution in [3.05, 3.63) is 22.4 Å². The van der Waals surface area contributed by atoms with Crippen LogP contribution in [0.3, 0.4) is 0 Å². The molecule has 6 nitrogen and oxygen atoms in total. The summed E-state index contributed by atoms with van der Waals surface area (Å²) in [6.07, 6.45) is 0.830. The minimum Gasteiger partial charge on any atom is -0.383 e. The second-order valence-corrected chi connectivity index (χ2v) is 5.53. The molecule has 0 fully saturated rings. The highest BCUT2D eigenvalue weighted by Gasteiger charge is 2.06. The molecule has 0 bridgehead atoms. The van der Waals surface area contributed by atoms with Crippen LogP contribution in [0.4, 0.5) is 0 Å². The number of thiophene rings is 1. The van der Waals surface area contributed by atoms with Gasteiger partial charge >= 0.3 is 0 Å². The molecule has 1 heterocycles. The smallest absolute Gasteiger partial charge is 0.261 e. The molecule has 0 aromatic carbocycles. The molecule has 0 aliphatic rings. The molecule has 0 saturated carbocycles. The number of aliphatic imine (C=N–C) groups is 1. The lowest BCUT2D eigenvalue weighted by Crippen LogP contribution is -2.44. The first-order valence-electron chi connectivity index (χ1n) is 6.95. The predicted octanol–water partition coefficient (Wildman–Crippen LogP) is 1.69. The largest absolute Gasteiger partial charge is 0.383 e. The lowest BCUT2D eigenvalue weighted by atomic mass is 10.3. The van der Waals surface area contributed by atoms with E-state index in [2.05, 4.69) is 20.9 Å². The van der Waals surface area contributed by atoms with Gasteiger partial charge in [0.2, 0.25) is 0 Å². The van der Waals surface area contributed by atoms with Crippen LogP contribution < -0.4 is 16.0 Å². The highest BCUT2D eigenvalue weighted by molar-refractivity contribution is 14.0. The summed E-state index contributed by atoms with van der Waals surface area (Å²) < 4.78 is 5.06. The van der Waals surface area contributed by atoms with E-state index in [1.165, 1.54) is 11.3 Å². The van der Waals surface area contributed by atoms with Crippen LogP contribution in [0.5, 0.6) is 0 Å². The number of amides is 1. The summed E-state index contributed by atoms with van der Waals surface area (Å²) >= 11 is 1.45. The minimum atomic E-state index is -0.0128. The third-order valence-corrected chi connectivity index (χ3v) is 3.57. The van der Waals surface area contributed by atoms with Gasteiger partial charge in [-0.3, -0.25) is 9.79 Å². The maximum absolute atomic E-state index is 11.7. The summed E-state index contributed by atoms with van der Waals surface area (Å²) in [7, 11) is 3.40. The fourth-order valence-electron chi connectivity index (χ4n) is 1.71. The molecular weight excluding hydrogens is 415 g/mol. The van der Waals surface area contributed by atoms with Gasteiger partial charge in [0.25, 0.3) is 5.91 Å². The fourth-order valence-corrected chi connectivity index (χ4v) is 2.35. The number of guanidine groups is 1. The molecule has 1 atom stereocenters. The average Bonchev–Trinajstić information content (AvgIpc) is 3.00. The van der Waals surface area contributed by atoms with Crippen LogP contribution in [0, 0.1) is 0 Å². The third-order valence-electron chi connectivity index (χ3n) is 2.70. The van der Waals surface area contributed by atoms with Gasteiger partial charge in [0.1, 0.15) is 0 Å². The van der Waals surface area contributed by atoms with E-state index in [0.29, 0.717) is 13.2 Å². The van der Waals surface area contributed by atoms with Crippen LogP contribution in [-0.4, -0.2) is 51.8 Å². The van der Waals surface area contributed by atoms with Crippen molar-refractivity contribution in [2.24, 2.45) is 4.99 Å². The third kappa shape index (κ3) is 8.54. The Balaban J connectivity index is 0.00000441. The van der Waals surface area contributed by atoms with Gasteiger partial charge in [-0.25, -0.2) is 0 Å². The SMILES string of the molecule is CN=C(NCCCNC(=O)c1cccs1)NC(C)COC.I. The topological polar surface area (TPSA) is 74.8 Å². The molecule has 1 amide bonds. The highest BCUT2D eigenvalue weighted by atomic mass is 127. The molecule has 3 N–H and O–H groups in total. The van der Waals surface area contributed by atoms with Gasteiger partial charge in [0.05, 0.1) is 11.5 Å². The number of halogens is 1. The van der Waals surface area contributed by atoms with Gasteiger partial charge < -0.3 is 20.7 Å². The maximum atomic E-state index is 11.7. The van der Waals surface area contributed by atoms with Crippen molar-refractivity contribution in [2.75, 3.05) is 33.9 Å². The Hall–Kier alpha value is -0.870. The van der Waals surface area contributed by atoms with Crippen molar-refractivity contribution in [2.45, 2.75) is 19.4 Å². The number of methoxy groups -OCH3 is 1. The lowest BCUT2D eigenvalue weighted by molar-refractivity contribution is 0.0957. The number of carbonyl (C=O) groups is 1. The average molecular weight is 440 g/mol. The van der Waals surface area contributed by atoms with Crippen molar-refractivity contribution in [1.82, 2.24) is 16.0 Å². The van der Waals surface area contributed by atoms with Crippen molar-refractivity contribution in [1.29, 1.82) is 0 Å². The van der Waals surface area contributed by atoms with E-state index in [4.69, 9.17) is 4.74 Å². The summed E-state index contributed by atoms with van der Waals surface area (Å²) in [5, 5.41) is 11.2. The van der Waals surface area contributed by atoms with Crippen molar-refractivity contribution < 1.29 is 9.53 Å². The first-order valence-corrected chi connectivity index (χ1v) is 7.83. The summed E-state index contributed by atoms with van der Waals surface area (Å²) in [5.41, 5.74) is 0. The zero-order chi connectivity index (χ0) is 15.5. The normalized spacial score (nSPS) is 12.2. The first kappa shape index (κ1) is 21.1. The molecular formula is C14H25IN4O2S. The van der Waals surface area contributed by atoms with E-state index in [1.54, 1.807) is 14.2 Å². The quantitative estimate of drug-likeness (QED) is 0.249. The van der Waals surface area contributed by atoms with Crippen molar-refractivity contribution >= 4 is 47.2 Å². The summed E-state index contributed by atoms with van der Waals surface area (Å²) in [6.45, 7) is 4.02. The molecule has 0 spiro atoms. The van der Waals surface area contributed by atoms with Crippen LogP contribution >= 0.6 is 35.3 Å². The molecule has 0 aliphatic heterocycles. The number of rotatable bonds is 8. The number of ether oxygens (including phenoxy) is 1. The Bertz CT molecular complexity index is 440. The van der Waals surface area contributed by atoms with Crippen LogP contribution in [0.25, 0.3) is 0 Å². The van der Waals surface area contributed by atoms with E-state index in [-0.39, 0.29) is 35.9 Å². The molecule has 0 aliphatic carbocycles. The van der Waals surface area contributed by atoms with Crippen molar-refractivity contribution in [3.8, 4) is 0 Å². The molecule has 8 heteroatoms. The second kappa shape index (κ2) is 12.7. The Kier molecular flexibility index (Phi) is 12.2. The molecule has 22 heavy (non-hydrogen) atoms. The van der Waals surface area contributed by atoms with Gasteiger partial charge in [0.15, 0.2) is 5.96 Å². The molecule has 1 aromatic heterocycles. The summed E-state index contributed by atoms with van der Waals surface area (Å²) in [4.78, 5) is 16.6. The highest BCUT2D eigenvalue weighted by Crippen LogP contribution is 2.07. The summed E-state index contributed by atoms with van der Waals surface area (Å²) in [5.74, 6) is 0.727. The Morgan fingerprint density at radius 3 is 2.73 bits per heavy atom. The van der Waals surface area contributed by atoms with E-state index in [1.807, 2.05) is 24.4 Å². The number of nitrogens with one attached hydrogen (secondary N) is 3. The van der Waals surface area contributed by atoms with E-state index < -0.39 is 0 Å². The van der Waals surface area contributed by atoms with E-state index in [0.717, 1.165) is 23.8 Å². The minimum absolute atomic E-state index is 0. The van der Waals surface area contributed by atoms with Crippen LogP contribution in [0.2, 0.25) is 0 Å². The Morgan fingerprint density at radius 2 is 2.14 bits per heavy atom. The van der Waals surface area contributed by atoms with E-state index in [9.17, 15) is 4.79 Å². The Labute approximate surface area is 153 Å². The van der Waals surface area contributed by atoms with Gasteiger partial charge in [-0.2, -0.15) is 0 Å². The zero-order valence-electron chi connectivity index (χ0n) is 13.2. The summed E-state index contributed by atoms with van der Waals surface area (Å²) in [6, 6.07) is 3.89. The van der Waals surface area contributed by atoms with Crippen molar-refractivity contribution in [3.63, 3.8) is 0 Å². The standard InChI is InChI=1S/C14H24N4O2S.HI/c1-11(10-20-3)18-14(15-2)17-8-5-7-16-13(19)12-6-4-9-21-12;/h4,6,9,11H,5,7-8,10H2,1-3H3,(H,16,19)(H2,15,17,18);1H. The number of hydrogen-bond donors (Lipinski definition) is 3. The van der Waals surface area contributed by atoms with E-state index >= 15 is 0 Å². The second-order valence-electron chi connectivity index (χ2n) is 4.59. The zero-order valence-corrected chi connectivity index (χ0v) is 16.4. The number of hydrogen-bond acceptors (Lipinski definition) is 4. The van der Waals surface area contributed by atoms with Crippen LogP contribution in [0.1, 0.15) is 23.0 Å². The van der Waals surface area contributed by atoms with Crippen LogP contribution in [0.15, 0.2) is 22.5 Å². The molecule has 1 aromatic rings. The molecule has 126 valence electrons. The molecule has 0 saturated heterocycles. The number of nitrogens with zero attached hydrogens (tertiary/aromatic N) is 1.